The van der Waals surface area contributed by atoms with Gasteiger partial charge in [0, 0.05) is 5.57 Å². The SMILES string of the molecule is O=C(O)C(F)C1=CCCc2ccc(F)cc21. The quantitative estimate of drug-likeness (QED) is 0.838. The summed E-state index contributed by atoms with van der Waals surface area (Å²) < 4.78 is 26.5. The van der Waals surface area contributed by atoms with Gasteiger partial charge in [-0.25, -0.2) is 13.6 Å². The van der Waals surface area contributed by atoms with Crippen LogP contribution in [0.3, 0.4) is 0 Å². The molecule has 1 aromatic rings. The summed E-state index contributed by atoms with van der Waals surface area (Å²) in [5, 5.41) is 8.62. The number of carboxylic acids is 1. The van der Waals surface area contributed by atoms with Crippen LogP contribution < -0.4 is 0 Å². The number of aliphatic carboxylic acids is 1. The van der Waals surface area contributed by atoms with Gasteiger partial charge in [-0.05, 0) is 36.1 Å². The predicted molar refractivity (Wildman–Crippen MR) is 55.2 cm³/mol. The molecule has 0 amide bonds. The van der Waals surface area contributed by atoms with Crippen LogP contribution in [0.1, 0.15) is 17.5 Å². The number of benzene rings is 1. The highest BCUT2D eigenvalue weighted by molar-refractivity contribution is 5.91. The van der Waals surface area contributed by atoms with E-state index < -0.39 is 18.0 Å². The molecule has 84 valence electrons. The second-order valence-electron chi connectivity index (χ2n) is 3.70. The first-order valence-electron chi connectivity index (χ1n) is 4.95. The van der Waals surface area contributed by atoms with Crippen molar-refractivity contribution >= 4 is 11.5 Å². The molecule has 1 N–H and O–H groups in total. The number of hydrogen-bond acceptors (Lipinski definition) is 1. The molecule has 16 heavy (non-hydrogen) atoms. The summed E-state index contributed by atoms with van der Waals surface area (Å²) in [6, 6.07) is 4.07. The third-order valence-electron chi connectivity index (χ3n) is 2.65. The van der Waals surface area contributed by atoms with Crippen molar-refractivity contribution in [1.82, 2.24) is 0 Å². The average Bonchev–Trinajstić information content (AvgIpc) is 2.27. The van der Waals surface area contributed by atoms with E-state index >= 15 is 0 Å². The average molecular weight is 224 g/mol. The van der Waals surface area contributed by atoms with E-state index in [0.717, 1.165) is 5.56 Å². The molecular weight excluding hydrogens is 214 g/mol. The molecule has 0 spiro atoms. The number of alkyl halides is 1. The third-order valence-corrected chi connectivity index (χ3v) is 2.65. The van der Waals surface area contributed by atoms with Crippen molar-refractivity contribution in [2.45, 2.75) is 19.0 Å². The predicted octanol–water partition coefficient (Wildman–Crippen LogP) is 2.58. The minimum atomic E-state index is -2.08. The molecule has 0 saturated carbocycles. The molecule has 0 bridgehead atoms. The highest BCUT2D eigenvalue weighted by Crippen LogP contribution is 2.30. The van der Waals surface area contributed by atoms with Crippen LogP contribution in [0.5, 0.6) is 0 Å². The molecule has 2 rings (SSSR count). The Morgan fingerprint density at radius 3 is 2.88 bits per heavy atom. The summed E-state index contributed by atoms with van der Waals surface area (Å²) in [4.78, 5) is 10.6. The molecule has 0 aromatic heterocycles. The van der Waals surface area contributed by atoms with Crippen LogP contribution in [0, 0.1) is 5.82 Å². The number of hydrogen-bond donors (Lipinski definition) is 1. The summed E-state index contributed by atoms with van der Waals surface area (Å²) in [7, 11) is 0. The van der Waals surface area contributed by atoms with Gasteiger partial charge in [0.25, 0.3) is 0 Å². The van der Waals surface area contributed by atoms with Crippen molar-refractivity contribution < 1.29 is 18.7 Å². The van der Waals surface area contributed by atoms with Gasteiger partial charge in [-0.3, -0.25) is 0 Å². The van der Waals surface area contributed by atoms with Crippen LogP contribution in [0.4, 0.5) is 8.78 Å². The highest BCUT2D eigenvalue weighted by Gasteiger charge is 2.26. The minimum absolute atomic E-state index is 0.0632. The van der Waals surface area contributed by atoms with Crippen LogP contribution in [0.25, 0.3) is 5.57 Å². The maximum absolute atomic E-state index is 13.4. The van der Waals surface area contributed by atoms with Crippen molar-refractivity contribution in [2.24, 2.45) is 0 Å². The normalized spacial score (nSPS) is 16.2. The lowest BCUT2D eigenvalue weighted by atomic mass is 9.88. The molecule has 1 unspecified atom stereocenters. The fourth-order valence-corrected chi connectivity index (χ4v) is 1.90. The molecule has 0 saturated heterocycles. The second-order valence-corrected chi connectivity index (χ2v) is 3.70. The molecule has 0 aliphatic heterocycles. The Kier molecular flexibility index (Phi) is 2.73. The van der Waals surface area contributed by atoms with Gasteiger partial charge < -0.3 is 5.11 Å². The van der Waals surface area contributed by atoms with Gasteiger partial charge in [-0.1, -0.05) is 12.1 Å². The molecule has 0 heterocycles. The first-order valence-corrected chi connectivity index (χ1v) is 4.95. The number of rotatable bonds is 2. The molecule has 1 aromatic carbocycles. The van der Waals surface area contributed by atoms with Crippen LogP contribution >= 0.6 is 0 Å². The maximum Gasteiger partial charge on any atom is 0.343 e. The summed E-state index contributed by atoms with van der Waals surface area (Å²) in [6.45, 7) is 0. The molecule has 1 aliphatic carbocycles. The summed E-state index contributed by atoms with van der Waals surface area (Å²) in [6.07, 6.45) is 0.717. The van der Waals surface area contributed by atoms with E-state index in [1.54, 1.807) is 6.07 Å². The highest BCUT2D eigenvalue weighted by atomic mass is 19.1. The third kappa shape index (κ3) is 1.83. The zero-order chi connectivity index (χ0) is 11.7. The van der Waals surface area contributed by atoms with Gasteiger partial charge in [0.2, 0.25) is 6.17 Å². The zero-order valence-corrected chi connectivity index (χ0v) is 8.41. The van der Waals surface area contributed by atoms with E-state index in [9.17, 15) is 13.6 Å². The number of carbonyl (C=O) groups is 1. The Balaban J connectivity index is 2.47. The fourth-order valence-electron chi connectivity index (χ4n) is 1.90. The van der Waals surface area contributed by atoms with Crippen LogP contribution in [-0.4, -0.2) is 17.2 Å². The number of halogens is 2. The fraction of sp³-hybridized carbons (Fsp3) is 0.250. The maximum atomic E-state index is 13.4. The van der Waals surface area contributed by atoms with Crippen LogP contribution in [0.2, 0.25) is 0 Å². The van der Waals surface area contributed by atoms with E-state index in [-0.39, 0.29) is 5.57 Å². The monoisotopic (exact) mass is 224 g/mol. The topological polar surface area (TPSA) is 37.3 Å². The van der Waals surface area contributed by atoms with Gasteiger partial charge in [-0.15, -0.1) is 0 Å². The van der Waals surface area contributed by atoms with E-state index in [1.165, 1.54) is 18.2 Å². The minimum Gasteiger partial charge on any atom is -0.479 e. The summed E-state index contributed by atoms with van der Waals surface area (Å²) in [5.74, 6) is -2.02. The van der Waals surface area contributed by atoms with Gasteiger partial charge in [0.05, 0.1) is 0 Å². The van der Waals surface area contributed by atoms with Gasteiger partial charge in [0.15, 0.2) is 0 Å². The largest absolute Gasteiger partial charge is 0.479 e. The second kappa shape index (κ2) is 4.04. The number of fused-ring (bicyclic) bond motifs is 1. The summed E-state index contributed by atoms with van der Waals surface area (Å²) >= 11 is 0. The van der Waals surface area contributed by atoms with Gasteiger partial charge in [0.1, 0.15) is 5.82 Å². The first kappa shape index (κ1) is 10.8. The Bertz CT molecular complexity index is 466. The number of carboxylic acid groups (broad SMARTS) is 1. The van der Waals surface area contributed by atoms with Crippen molar-refractivity contribution in [3.63, 3.8) is 0 Å². The van der Waals surface area contributed by atoms with E-state index in [1.807, 2.05) is 0 Å². The lowest BCUT2D eigenvalue weighted by molar-refractivity contribution is -0.140. The molecule has 4 heteroatoms. The van der Waals surface area contributed by atoms with E-state index in [0.29, 0.717) is 18.4 Å². The smallest absolute Gasteiger partial charge is 0.343 e. The van der Waals surface area contributed by atoms with Crippen molar-refractivity contribution in [3.8, 4) is 0 Å². The van der Waals surface area contributed by atoms with Crippen molar-refractivity contribution in [2.75, 3.05) is 0 Å². The van der Waals surface area contributed by atoms with Crippen LogP contribution in [-0.2, 0) is 11.2 Å². The van der Waals surface area contributed by atoms with Gasteiger partial charge in [-0.2, -0.15) is 0 Å². The van der Waals surface area contributed by atoms with Crippen molar-refractivity contribution in [3.05, 3.63) is 41.2 Å². The molecular formula is C12H10F2O2. The standard InChI is InChI=1S/C12H10F2O2/c13-8-5-4-7-2-1-3-9(10(7)6-8)11(14)12(15)16/h3-6,11H,1-2H2,(H,15,16). The lowest BCUT2D eigenvalue weighted by Gasteiger charge is -2.18. The van der Waals surface area contributed by atoms with Gasteiger partial charge >= 0.3 is 5.97 Å². The summed E-state index contributed by atoms with van der Waals surface area (Å²) in [5.41, 5.74) is 1.23. The Morgan fingerprint density at radius 1 is 1.44 bits per heavy atom. The molecule has 0 radical (unpaired) electrons. The molecule has 0 fully saturated rings. The number of allylic oxidation sites excluding steroid dienone is 1. The Morgan fingerprint density at radius 2 is 2.19 bits per heavy atom. The number of aryl methyl sites for hydroxylation is 1. The van der Waals surface area contributed by atoms with E-state index in [2.05, 4.69) is 0 Å². The molecule has 2 nitrogen and oxygen atoms in total. The van der Waals surface area contributed by atoms with E-state index in [4.69, 9.17) is 5.11 Å². The molecule has 1 aliphatic rings. The van der Waals surface area contributed by atoms with Crippen molar-refractivity contribution in [1.29, 1.82) is 0 Å². The zero-order valence-electron chi connectivity index (χ0n) is 8.41. The first-order chi connectivity index (χ1) is 7.59. The lowest BCUT2D eigenvalue weighted by Crippen LogP contribution is -2.19. The Labute approximate surface area is 91.2 Å². The Hall–Kier alpha value is -1.71. The van der Waals surface area contributed by atoms with Crippen LogP contribution in [0.15, 0.2) is 24.3 Å². The molecule has 1 atom stereocenters.